The third-order valence-electron chi connectivity index (χ3n) is 2.83. The molecule has 0 saturated heterocycles. The number of fused-ring (bicyclic) bond motifs is 1. The number of aromatic nitrogens is 2. The van der Waals surface area contributed by atoms with E-state index in [1.165, 1.54) is 12.1 Å². The topological polar surface area (TPSA) is 17.8 Å². The Hall–Kier alpha value is -1.95. The second-order valence-electron chi connectivity index (χ2n) is 4.02. The molecule has 3 rings (SSSR count). The first kappa shape index (κ1) is 12.1. The van der Waals surface area contributed by atoms with Crippen molar-refractivity contribution in [1.82, 2.24) is 9.78 Å². The van der Waals surface area contributed by atoms with Gasteiger partial charge in [0.05, 0.1) is 22.3 Å². The van der Waals surface area contributed by atoms with E-state index in [1.54, 1.807) is 10.9 Å². The Kier molecular flexibility index (Phi) is 2.74. The Balaban J connectivity index is 2.07. The summed E-state index contributed by atoms with van der Waals surface area (Å²) in [6, 6.07) is 12.6. The Labute approximate surface area is 109 Å². The van der Waals surface area contributed by atoms with E-state index in [0.29, 0.717) is 5.69 Å². The molecule has 0 saturated carbocycles. The third-order valence-corrected chi connectivity index (χ3v) is 3.63. The molecule has 2 nitrogen and oxygen atoms in total. The number of para-hydroxylation sites is 1. The van der Waals surface area contributed by atoms with E-state index < -0.39 is 16.1 Å². The SMILES string of the molecule is FS(F)(F)c1ccc(-n2ncc3ccccc32)cc1. The summed E-state index contributed by atoms with van der Waals surface area (Å²) in [4.78, 5) is -0.576. The molecule has 0 bridgehead atoms. The van der Waals surface area contributed by atoms with E-state index in [9.17, 15) is 11.7 Å². The zero-order chi connectivity index (χ0) is 13.5. The molecule has 0 radical (unpaired) electrons. The first-order valence-corrected chi connectivity index (χ1v) is 6.84. The molecular formula is C13H9F3N2S. The van der Waals surface area contributed by atoms with Crippen LogP contribution in [-0.4, -0.2) is 9.78 Å². The lowest BCUT2D eigenvalue weighted by Crippen LogP contribution is -1.95. The number of rotatable bonds is 2. The van der Waals surface area contributed by atoms with E-state index in [-0.39, 0.29) is 0 Å². The molecule has 0 aliphatic rings. The maximum Gasteiger partial charge on any atom is 0.237 e. The highest BCUT2D eigenvalue weighted by Gasteiger charge is 2.23. The van der Waals surface area contributed by atoms with Crippen LogP contribution in [0.3, 0.4) is 0 Å². The van der Waals surface area contributed by atoms with E-state index in [0.717, 1.165) is 23.0 Å². The molecule has 0 amide bonds. The Bertz CT molecular complexity index is 717. The fraction of sp³-hybridized carbons (Fsp3) is 0. The summed E-state index contributed by atoms with van der Waals surface area (Å²) in [6.07, 6.45) is 1.69. The highest BCUT2D eigenvalue weighted by Crippen LogP contribution is 2.60. The van der Waals surface area contributed by atoms with Crippen molar-refractivity contribution in [3.63, 3.8) is 0 Å². The summed E-state index contributed by atoms with van der Waals surface area (Å²) in [5.41, 5.74) is 1.49. The fourth-order valence-corrected chi connectivity index (χ4v) is 2.36. The Morgan fingerprint density at radius 1 is 0.895 bits per heavy atom. The van der Waals surface area contributed by atoms with Crippen molar-refractivity contribution in [3.8, 4) is 5.69 Å². The number of hydrogen-bond donors (Lipinski definition) is 0. The average Bonchev–Trinajstić information content (AvgIpc) is 2.82. The smallest absolute Gasteiger partial charge is 0.233 e. The van der Waals surface area contributed by atoms with Gasteiger partial charge in [-0.3, -0.25) is 0 Å². The predicted octanol–water partition coefficient (Wildman–Crippen LogP) is 4.84. The molecule has 0 aliphatic heterocycles. The van der Waals surface area contributed by atoms with Crippen LogP contribution in [0, 0.1) is 0 Å². The molecule has 1 heterocycles. The molecule has 0 spiro atoms. The van der Waals surface area contributed by atoms with Crippen molar-refractivity contribution in [1.29, 1.82) is 0 Å². The number of hydrogen-bond acceptors (Lipinski definition) is 1. The van der Waals surface area contributed by atoms with Gasteiger partial charge in [-0.2, -0.15) is 5.10 Å². The monoisotopic (exact) mass is 282 g/mol. The fourth-order valence-electron chi connectivity index (χ4n) is 1.92. The second-order valence-corrected chi connectivity index (χ2v) is 5.30. The number of nitrogens with zero attached hydrogens (tertiary/aromatic N) is 2. The Morgan fingerprint density at radius 2 is 1.58 bits per heavy atom. The van der Waals surface area contributed by atoms with Crippen LogP contribution >= 0.6 is 11.2 Å². The molecule has 0 N–H and O–H groups in total. The van der Waals surface area contributed by atoms with Crippen LogP contribution in [0.4, 0.5) is 11.7 Å². The normalized spacial score (nSPS) is 12.8. The zero-order valence-corrected chi connectivity index (χ0v) is 10.4. The van der Waals surface area contributed by atoms with Crippen LogP contribution in [0.25, 0.3) is 16.6 Å². The maximum atomic E-state index is 12.6. The highest BCUT2D eigenvalue weighted by atomic mass is 32.3. The van der Waals surface area contributed by atoms with Crippen LogP contribution in [-0.2, 0) is 0 Å². The molecule has 0 atom stereocenters. The molecule has 2 aromatic carbocycles. The first-order chi connectivity index (χ1) is 9.05. The van der Waals surface area contributed by atoms with Crippen molar-refractivity contribution in [2.75, 3.05) is 0 Å². The lowest BCUT2D eigenvalue weighted by molar-refractivity contribution is 0.633. The zero-order valence-electron chi connectivity index (χ0n) is 9.63. The van der Waals surface area contributed by atoms with E-state index in [2.05, 4.69) is 5.10 Å². The van der Waals surface area contributed by atoms with Gasteiger partial charge >= 0.3 is 0 Å². The summed E-state index contributed by atoms with van der Waals surface area (Å²) in [5, 5.41) is 5.15. The lowest BCUT2D eigenvalue weighted by Gasteiger charge is -2.10. The minimum atomic E-state index is -5.16. The summed E-state index contributed by atoms with van der Waals surface area (Å²) >= 11 is -5.16. The third kappa shape index (κ3) is 2.19. The molecule has 19 heavy (non-hydrogen) atoms. The van der Waals surface area contributed by atoms with E-state index in [1.807, 2.05) is 24.3 Å². The Morgan fingerprint density at radius 3 is 2.26 bits per heavy atom. The van der Waals surface area contributed by atoms with Crippen molar-refractivity contribution in [2.24, 2.45) is 0 Å². The minimum Gasteiger partial charge on any atom is -0.233 e. The summed E-state index contributed by atoms with van der Waals surface area (Å²) < 4.78 is 39.4. The lowest BCUT2D eigenvalue weighted by atomic mass is 10.2. The second kappa shape index (κ2) is 4.31. The van der Waals surface area contributed by atoms with Crippen LogP contribution < -0.4 is 0 Å². The molecule has 0 fully saturated rings. The van der Waals surface area contributed by atoms with Gasteiger partial charge in [-0.05, 0) is 30.3 Å². The molecule has 1 aromatic heterocycles. The first-order valence-electron chi connectivity index (χ1n) is 5.51. The molecule has 98 valence electrons. The highest BCUT2D eigenvalue weighted by molar-refractivity contribution is 8.20. The van der Waals surface area contributed by atoms with Gasteiger partial charge in [0.25, 0.3) is 0 Å². The maximum absolute atomic E-state index is 12.6. The van der Waals surface area contributed by atoms with Gasteiger partial charge in [-0.1, -0.05) is 18.2 Å². The van der Waals surface area contributed by atoms with Gasteiger partial charge in [0.2, 0.25) is 11.2 Å². The number of halogens is 3. The average molecular weight is 282 g/mol. The van der Waals surface area contributed by atoms with Gasteiger partial charge in [0.1, 0.15) is 0 Å². The largest absolute Gasteiger partial charge is 0.237 e. The molecule has 6 heteroatoms. The van der Waals surface area contributed by atoms with Crippen molar-refractivity contribution < 1.29 is 11.7 Å². The number of benzene rings is 2. The van der Waals surface area contributed by atoms with Gasteiger partial charge in [0.15, 0.2) is 0 Å². The predicted molar refractivity (Wildman–Crippen MR) is 70.3 cm³/mol. The molecule has 0 unspecified atom stereocenters. The molecular weight excluding hydrogens is 273 g/mol. The van der Waals surface area contributed by atoms with Crippen LogP contribution in [0.5, 0.6) is 0 Å². The molecule has 0 aliphatic carbocycles. The van der Waals surface area contributed by atoms with Crippen LogP contribution in [0.1, 0.15) is 0 Å². The standard InChI is InChI=1S/C13H9F3N2S/c14-19(15,16)12-7-5-11(6-8-12)18-13-4-2-1-3-10(13)9-17-18/h1-9H. The summed E-state index contributed by atoms with van der Waals surface area (Å²) in [5.74, 6) is 0. The van der Waals surface area contributed by atoms with Crippen LogP contribution in [0.2, 0.25) is 0 Å². The molecule has 3 aromatic rings. The summed E-state index contributed by atoms with van der Waals surface area (Å²) in [6.45, 7) is 0. The van der Waals surface area contributed by atoms with Crippen LogP contribution in [0.15, 0.2) is 59.6 Å². The van der Waals surface area contributed by atoms with Gasteiger partial charge in [0, 0.05) is 5.39 Å². The van der Waals surface area contributed by atoms with Crippen molar-refractivity contribution >= 4 is 22.1 Å². The van der Waals surface area contributed by atoms with Gasteiger partial charge in [-0.15, -0.1) is 11.7 Å². The van der Waals surface area contributed by atoms with E-state index >= 15 is 0 Å². The minimum absolute atomic E-state index is 0.576. The van der Waals surface area contributed by atoms with Crippen molar-refractivity contribution in [3.05, 3.63) is 54.7 Å². The van der Waals surface area contributed by atoms with E-state index in [4.69, 9.17) is 0 Å². The van der Waals surface area contributed by atoms with Gasteiger partial charge < -0.3 is 0 Å². The van der Waals surface area contributed by atoms with Gasteiger partial charge in [-0.25, -0.2) is 4.68 Å². The quantitative estimate of drug-likeness (QED) is 0.657. The van der Waals surface area contributed by atoms with Crippen molar-refractivity contribution in [2.45, 2.75) is 4.90 Å². The summed E-state index contributed by atoms with van der Waals surface area (Å²) in [7, 11) is 0.